The second-order valence-corrected chi connectivity index (χ2v) is 7.62. The van der Waals surface area contributed by atoms with Gasteiger partial charge in [-0.05, 0) is 62.6 Å². The molecule has 0 radical (unpaired) electrons. The normalized spacial score (nSPS) is 17.5. The Bertz CT molecular complexity index is 962. The molecule has 0 saturated carbocycles. The van der Waals surface area contributed by atoms with E-state index in [4.69, 9.17) is 4.98 Å². The highest BCUT2D eigenvalue weighted by atomic mass is 16.1. The third-order valence-electron chi connectivity index (χ3n) is 5.72. The van der Waals surface area contributed by atoms with Crippen LogP contribution >= 0.6 is 0 Å². The maximum Gasteiger partial charge on any atom is 0.159 e. The van der Waals surface area contributed by atoms with Gasteiger partial charge < -0.3 is 4.90 Å². The lowest BCUT2D eigenvalue weighted by Gasteiger charge is -2.20. The topological polar surface area (TPSA) is 33.2 Å². The monoisotopic (exact) mass is 358 g/mol. The second kappa shape index (κ2) is 7.61. The fourth-order valence-electron chi connectivity index (χ4n) is 3.97. The van der Waals surface area contributed by atoms with E-state index in [0.717, 1.165) is 40.6 Å². The number of ketones is 1. The molecule has 0 bridgehead atoms. The Morgan fingerprint density at radius 2 is 1.85 bits per heavy atom. The van der Waals surface area contributed by atoms with E-state index >= 15 is 0 Å². The molecular formula is C24H26N2O. The molecule has 3 nitrogen and oxygen atoms in total. The molecule has 2 heterocycles. The number of nitrogens with zero attached hydrogens (tertiary/aromatic N) is 2. The Morgan fingerprint density at radius 3 is 2.56 bits per heavy atom. The van der Waals surface area contributed by atoms with Crippen molar-refractivity contribution >= 4 is 16.7 Å². The zero-order valence-electron chi connectivity index (χ0n) is 16.1. The standard InChI is InChI=1S/C24H26N2O/c1-17-4-3-14-26(17)15-13-23-11-9-22-16-21(10-12-24(22)25-23)20-7-5-19(6-8-20)18(2)27/h5-12,16-17H,3-4,13-15H2,1-2H3/t17-/m1/s1. The average Bonchev–Trinajstić information content (AvgIpc) is 3.10. The molecule has 2 aromatic carbocycles. The summed E-state index contributed by atoms with van der Waals surface area (Å²) in [7, 11) is 0. The Labute approximate surface area is 161 Å². The highest BCUT2D eigenvalue weighted by Gasteiger charge is 2.19. The summed E-state index contributed by atoms with van der Waals surface area (Å²) in [6, 6.07) is 19.2. The van der Waals surface area contributed by atoms with Crippen molar-refractivity contribution < 1.29 is 4.79 Å². The van der Waals surface area contributed by atoms with Crippen molar-refractivity contribution in [3.05, 3.63) is 65.9 Å². The van der Waals surface area contributed by atoms with Crippen molar-refractivity contribution in [1.82, 2.24) is 9.88 Å². The van der Waals surface area contributed by atoms with E-state index in [9.17, 15) is 4.79 Å². The van der Waals surface area contributed by atoms with Crippen LogP contribution in [0.3, 0.4) is 0 Å². The first-order valence-corrected chi connectivity index (χ1v) is 9.85. The summed E-state index contributed by atoms with van der Waals surface area (Å²) in [6.07, 6.45) is 3.65. The summed E-state index contributed by atoms with van der Waals surface area (Å²) >= 11 is 0. The van der Waals surface area contributed by atoms with Crippen LogP contribution in [0.4, 0.5) is 0 Å². The lowest BCUT2D eigenvalue weighted by atomic mass is 10.0. The van der Waals surface area contributed by atoms with Crippen molar-refractivity contribution in [3.8, 4) is 11.1 Å². The van der Waals surface area contributed by atoms with Gasteiger partial charge in [0.15, 0.2) is 5.78 Å². The van der Waals surface area contributed by atoms with E-state index in [2.05, 4.69) is 42.2 Å². The molecule has 1 aromatic heterocycles. The summed E-state index contributed by atoms with van der Waals surface area (Å²) in [4.78, 5) is 18.9. The van der Waals surface area contributed by atoms with Crippen LogP contribution < -0.4 is 0 Å². The van der Waals surface area contributed by atoms with E-state index in [1.165, 1.54) is 25.1 Å². The molecule has 1 fully saturated rings. The fraction of sp³-hybridized carbons (Fsp3) is 0.333. The first-order valence-electron chi connectivity index (χ1n) is 9.85. The molecule has 3 aromatic rings. The molecule has 138 valence electrons. The quantitative estimate of drug-likeness (QED) is 0.593. The molecule has 1 aliphatic heterocycles. The van der Waals surface area contributed by atoms with Crippen LogP contribution in [-0.4, -0.2) is 34.8 Å². The van der Waals surface area contributed by atoms with Crippen LogP contribution in [0.5, 0.6) is 0 Å². The lowest BCUT2D eigenvalue weighted by Crippen LogP contribution is -2.29. The molecule has 4 rings (SSSR count). The van der Waals surface area contributed by atoms with Gasteiger partial charge in [-0.3, -0.25) is 9.78 Å². The van der Waals surface area contributed by atoms with Crippen LogP contribution in [0, 0.1) is 0 Å². The number of carbonyl (C=O) groups excluding carboxylic acids is 1. The zero-order chi connectivity index (χ0) is 18.8. The van der Waals surface area contributed by atoms with E-state index in [1.807, 2.05) is 24.3 Å². The average molecular weight is 358 g/mol. The van der Waals surface area contributed by atoms with Gasteiger partial charge >= 0.3 is 0 Å². The number of carbonyl (C=O) groups is 1. The third kappa shape index (κ3) is 3.93. The van der Waals surface area contributed by atoms with E-state index in [-0.39, 0.29) is 5.78 Å². The van der Waals surface area contributed by atoms with Crippen LogP contribution in [0.1, 0.15) is 42.7 Å². The number of likely N-dealkylation sites (tertiary alicyclic amines) is 1. The SMILES string of the molecule is CC(=O)c1ccc(-c2ccc3nc(CCN4CCC[C@H]4C)ccc3c2)cc1. The number of pyridine rings is 1. The Morgan fingerprint density at radius 1 is 1.07 bits per heavy atom. The molecule has 0 aliphatic carbocycles. The highest BCUT2D eigenvalue weighted by Crippen LogP contribution is 2.25. The summed E-state index contributed by atoms with van der Waals surface area (Å²) in [5.41, 5.74) is 5.23. The van der Waals surface area contributed by atoms with Crippen LogP contribution in [0.15, 0.2) is 54.6 Å². The first-order chi connectivity index (χ1) is 13.1. The Balaban J connectivity index is 1.52. The predicted octanol–water partition coefficient (Wildman–Crippen LogP) is 5.13. The Kier molecular flexibility index (Phi) is 5.04. The van der Waals surface area contributed by atoms with Gasteiger partial charge in [-0.1, -0.05) is 36.4 Å². The van der Waals surface area contributed by atoms with Crippen molar-refractivity contribution in [1.29, 1.82) is 0 Å². The van der Waals surface area contributed by atoms with Crippen molar-refractivity contribution in [2.75, 3.05) is 13.1 Å². The van der Waals surface area contributed by atoms with Crippen LogP contribution in [0.2, 0.25) is 0 Å². The van der Waals surface area contributed by atoms with Gasteiger partial charge in [0.1, 0.15) is 0 Å². The smallest absolute Gasteiger partial charge is 0.159 e. The summed E-state index contributed by atoms with van der Waals surface area (Å²) in [5, 5.41) is 1.15. The molecule has 1 saturated heterocycles. The van der Waals surface area contributed by atoms with Gasteiger partial charge in [-0.2, -0.15) is 0 Å². The number of benzene rings is 2. The number of Topliss-reactive ketones (excluding diaryl/α,β-unsaturated/α-hetero) is 1. The van der Waals surface area contributed by atoms with Crippen LogP contribution in [-0.2, 0) is 6.42 Å². The molecule has 3 heteroatoms. The van der Waals surface area contributed by atoms with Crippen LogP contribution in [0.25, 0.3) is 22.0 Å². The minimum Gasteiger partial charge on any atom is -0.300 e. The van der Waals surface area contributed by atoms with Crippen molar-refractivity contribution in [2.24, 2.45) is 0 Å². The summed E-state index contributed by atoms with van der Waals surface area (Å²) in [5.74, 6) is 0.0973. The number of rotatable bonds is 5. The van der Waals surface area contributed by atoms with Crippen molar-refractivity contribution in [3.63, 3.8) is 0 Å². The molecule has 1 aliphatic rings. The molecule has 0 unspecified atom stereocenters. The maximum atomic E-state index is 11.4. The fourth-order valence-corrected chi connectivity index (χ4v) is 3.97. The van der Waals surface area contributed by atoms with E-state index in [1.54, 1.807) is 6.92 Å². The zero-order valence-corrected chi connectivity index (χ0v) is 16.1. The van der Waals surface area contributed by atoms with Gasteiger partial charge in [-0.25, -0.2) is 0 Å². The number of aromatic nitrogens is 1. The molecular weight excluding hydrogens is 332 g/mol. The number of fused-ring (bicyclic) bond motifs is 1. The molecule has 27 heavy (non-hydrogen) atoms. The number of hydrogen-bond acceptors (Lipinski definition) is 3. The van der Waals surface area contributed by atoms with Gasteiger partial charge in [-0.15, -0.1) is 0 Å². The molecule has 0 amide bonds. The molecule has 1 atom stereocenters. The van der Waals surface area contributed by atoms with Gasteiger partial charge in [0, 0.05) is 35.7 Å². The highest BCUT2D eigenvalue weighted by molar-refractivity contribution is 5.94. The Hall–Kier alpha value is -2.52. The van der Waals surface area contributed by atoms with E-state index in [0.29, 0.717) is 6.04 Å². The largest absolute Gasteiger partial charge is 0.300 e. The predicted molar refractivity (Wildman–Crippen MR) is 111 cm³/mol. The summed E-state index contributed by atoms with van der Waals surface area (Å²) in [6.45, 7) is 6.24. The van der Waals surface area contributed by atoms with Gasteiger partial charge in [0.05, 0.1) is 5.52 Å². The molecule has 0 spiro atoms. The van der Waals surface area contributed by atoms with Gasteiger partial charge in [0.2, 0.25) is 0 Å². The minimum atomic E-state index is 0.0973. The molecule has 0 N–H and O–H groups in total. The maximum absolute atomic E-state index is 11.4. The summed E-state index contributed by atoms with van der Waals surface area (Å²) < 4.78 is 0. The first kappa shape index (κ1) is 17.9. The third-order valence-corrected chi connectivity index (χ3v) is 5.72. The number of hydrogen-bond donors (Lipinski definition) is 0. The van der Waals surface area contributed by atoms with Gasteiger partial charge in [0.25, 0.3) is 0 Å². The second-order valence-electron chi connectivity index (χ2n) is 7.62. The van der Waals surface area contributed by atoms with Crippen molar-refractivity contribution in [2.45, 2.75) is 39.2 Å². The van der Waals surface area contributed by atoms with E-state index < -0.39 is 0 Å². The lowest BCUT2D eigenvalue weighted by molar-refractivity contribution is 0.101. The minimum absolute atomic E-state index is 0.0973.